The van der Waals surface area contributed by atoms with Crippen molar-refractivity contribution in [3.05, 3.63) is 64.1 Å². The standard InChI is InChI=1S/C17H20N2O6S2/c1-19-9-7-13(16(21)26-10-8-18-17(26)27(22,23)24)14(15(19)20)25-11-12-5-3-2-4-6-12/h2-7,9,17-18,26H,8,10-11H2,1H3,(H,22,23,24). The second-order valence-electron chi connectivity index (χ2n) is 6.07. The van der Waals surface area contributed by atoms with Crippen LogP contribution in [0.1, 0.15) is 15.9 Å². The smallest absolute Gasteiger partial charge is 0.293 e. The first-order chi connectivity index (χ1) is 12.8. The lowest BCUT2D eigenvalue weighted by molar-refractivity contribution is 0.108. The molecule has 2 heterocycles. The van der Waals surface area contributed by atoms with Gasteiger partial charge in [-0.15, -0.1) is 0 Å². The van der Waals surface area contributed by atoms with E-state index in [0.717, 1.165) is 5.56 Å². The summed E-state index contributed by atoms with van der Waals surface area (Å²) in [5, 5.41) is 2.16. The number of aryl methyl sites for hydroxylation is 1. The lowest BCUT2D eigenvalue weighted by Crippen LogP contribution is -2.32. The Morgan fingerprint density at radius 2 is 2.04 bits per heavy atom. The number of aromatic nitrogens is 1. The predicted octanol–water partition coefficient (Wildman–Crippen LogP) is 0.880. The number of ether oxygens (including phenoxy) is 1. The van der Waals surface area contributed by atoms with Gasteiger partial charge in [0.15, 0.2) is 10.5 Å². The molecule has 2 N–H and O–H groups in total. The zero-order valence-corrected chi connectivity index (χ0v) is 16.2. The third kappa shape index (κ3) is 4.24. The molecule has 8 nitrogen and oxygen atoms in total. The number of nitrogens with one attached hydrogen (secondary N) is 1. The molecule has 1 saturated heterocycles. The lowest BCUT2D eigenvalue weighted by atomic mass is 10.2. The monoisotopic (exact) mass is 412 g/mol. The summed E-state index contributed by atoms with van der Waals surface area (Å²) in [4.78, 5) is 25.5. The van der Waals surface area contributed by atoms with Crippen molar-refractivity contribution in [2.75, 3.05) is 12.3 Å². The zero-order valence-electron chi connectivity index (χ0n) is 14.5. The van der Waals surface area contributed by atoms with Gasteiger partial charge in [-0.05, 0) is 17.4 Å². The molecule has 10 heteroatoms. The first-order valence-electron chi connectivity index (χ1n) is 8.16. The minimum absolute atomic E-state index is 0.0393. The summed E-state index contributed by atoms with van der Waals surface area (Å²) in [5.74, 6) is 0.184. The highest BCUT2D eigenvalue weighted by Crippen LogP contribution is 2.41. The molecule has 0 amide bonds. The fraction of sp³-hybridized carbons (Fsp3) is 0.294. The predicted molar refractivity (Wildman–Crippen MR) is 104 cm³/mol. The number of nitrogens with zero attached hydrogens (tertiary/aromatic N) is 1. The van der Waals surface area contributed by atoms with Crippen LogP contribution in [0.15, 0.2) is 47.4 Å². The Balaban J connectivity index is 1.94. The largest absolute Gasteiger partial charge is 0.482 e. The van der Waals surface area contributed by atoms with Crippen LogP contribution >= 0.6 is 10.9 Å². The van der Waals surface area contributed by atoms with Gasteiger partial charge in [0.1, 0.15) is 6.61 Å². The third-order valence-corrected chi connectivity index (χ3v) is 8.69. The lowest BCUT2D eigenvalue weighted by Gasteiger charge is -2.21. The topological polar surface area (TPSA) is 115 Å². The summed E-state index contributed by atoms with van der Waals surface area (Å²) >= 11 is 0. The maximum atomic E-state index is 13.0. The van der Waals surface area contributed by atoms with Gasteiger partial charge in [0, 0.05) is 19.8 Å². The number of thiol groups is 1. The fourth-order valence-electron chi connectivity index (χ4n) is 2.81. The molecule has 1 aromatic carbocycles. The molecule has 0 aliphatic carbocycles. The van der Waals surface area contributed by atoms with Gasteiger partial charge in [0.05, 0.1) is 5.56 Å². The Bertz CT molecular complexity index is 1000. The first kappa shape index (κ1) is 19.6. The quantitative estimate of drug-likeness (QED) is 0.493. The molecule has 0 saturated carbocycles. The van der Waals surface area contributed by atoms with E-state index in [-0.39, 0.29) is 17.9 Å². The molecule has 2 aromatic rings. The number of benzene rings is 1. The third-order valence-electron chi connectivity index (χ3n) is 4.18. The van der Waals surface area contributed by atoms with E-state index in [2.05, 4.69) is 5.32 Å². The van der Waals surface area contributed by atoms with Crippen LogP contribution in [0.25, 0.3) is 0 Å². The van der Waals surface area contributed by atoms with Crippen LogP contribution in [0.2, 0.25) is 0 Å². The van der Waals surface area contributed by atoms with Gasteiger partial charge in [0.2, 0.25) is 5.12 Å². The first-order valence-corrected chi connectivity index (χ1v) is 11.3. The molecule has 3 rings (SSSR count). The molecule has 1 aromatic heterocycles. The average Bonchev–Trinajstić information content (AvgIpc) is 3.13. The summed E-state index contributed by atoms with van der Waals surface area (Å²) in [6.45, 7) is 0.394. The summed E-state index contributed by atoms with van der Waals surface area (Å²) in [7, 11) is -4.63. The Morgan fingerprint density at radius 3 is 2.70 bits per heavy atom. The van der Waals surface area contributed by atoms with Crippen molar-refractivity contribution in [2.45, 2.75) is 11.3 Å². The van der Waals surface area contributed by atoms with Crippen LogP contribution < -0.4 is 15.6 Å². The minimum atomic E-state index is -4.42. The van der Waals surface area contributed by atoms with E-state index in [0.29, 0.717) is 12.3 Å². The number of rotatable bonds is 5. The Kier molecular flexibility index (Phi) is 5.70. The van der Waals surface area contributed by atoms with Gasteiger partial charge in [-0.2, -0.15) is 19.3 Å². The van der Waals surface area contributed by atoms with E-state index < -0.39 is 36.4 Å². The molecule has 146 valence electrons. The van der Waals surface area contributed by atoms with E-state index in [1.807, 2.05) is 30.3 Å². The van der Waals surface area contributed by atoms with Crippen molar-refractivity contribution < 1.29 is 22.5 Å². The van der Waals surface area contributed by atoms with Crippen LogP contribution in [0.3, 0.4) is 0 Å². The van der Waals surface area contributed by atoms with Crippen molar-refractivity contribution in [2.24, 2.45) is 7.05 Å². The van der Waals surface area contributed by atoms with Gasteiger partial charge < -0.3 is 9.30 Å². The molecular weight excluding hydrogens is 392 g/mol. The molecular formula is C17H20N2O6S2. The summed E-state index contributed by atoms with van der Waals surface area (Å²) in [6.07, 6.45) is 1.44. The Hall–Kier alpha value is -2.14. The number of hydrogen-bond acceptors (Lipinski definition) is 6. The van der Waals surface area contributed by atoms with Crippen molar-refractivity contribution >= 4 is 26.1 Å². The van der Waals surface area contributed by atoms with E-state index in [1.54, 1.807) is 0 Å². The molecule has 2 unspecified atom stereocenters. The molecule has 2 atom stereocenters. The Labute approximate surface area is 159 Å². The summed E-state index contributed by atoms with van der Waals surface area (Å²) in [5.41, 5.74) is 0.380. The van der Waals surface area contributed by atoms with Crippen LogP contribution in [0, 0.1) is 0 Å². The van der Waals surface area contributed by atoms with Gasteiger partial charge in [-0.3, -0.25) is 19.5 Å². The van der Waals surface area contributed by atoms with Crippen LogP contribution in [0.5, 0.6) is 5.75 Å². The highest BCUT2D eigenvalue weighted by molar-refractivity contribution is 8.35. The second-order valence-corrected chi connectivity index (χ2v) is 10.2. The molecule has 0 bridgehead atoms. The van der Waals surface area contributed by atoms with Crippen molar-refractivity contribution in [3.63, 3.8) is 0 Å². The number of hydrogen-bond donors (Lipinski definition) is 3. The minimum Gasteiger partial charge on any atom is -0.482 e. The van der Waals surface area contributed by atoms with E-state index in [4.69, 9.17) is 4.74 Å². The van der Waals surface area contributed by atoms with Gasteiger partial charge in [-0.1, -0.05) is 30.3 Å². The van der Waals surface area contributed by atoms with E-state index in [9.17, 15) is 22.6 Å². The van der Waals surface area contributed by atoms with Gasteiger partial charge in [0.25, 0.3) is 15.7 Å². The highest BCUT2D eigenvalue weighted by Gasteiger charge is 2.39. The Morgan fingerprint density at radius 1 is 1.33 bits per heavy atom. The fourth-order valence-corrected chi connectivity index (χ4v) is 6.88. The highest BCUT2D eigenvalue weighted by atomic mass is 32.3. The van der Waals surface area contributed by atoms with Crippen molar-refractivity contribution in [1.29, 1.82) is 0 Å². The normalized spacial score (nSPS) is 21.1. The summed E-state index contributed by atoms with van der Waals surface area (Å²) < 4.78 is 38.1. The average molecular weight is 412 g/mol. The number of carbonyl (C=O) groups excluding carboxylic acids is 1. The molecule has 1 fully saturated rings. The maximum Gasteiger partial charge on any atom is 0.293 e. The van der Waals surface area contributed by atoms with Crippen molar-refractivity contribution in [3.8, 4) is 5.75 Å². The van der Waals surface area contributed by atoms with Gasteiger partial charge >= 0.3 is 0 Å². The number of carbonyl (C=O) groups is 1. The van der Waals surface area contributed by atoms with Gasteiger partial charge in [-0.25, -0.2) is 0 Å². The van der Waals surface area contributed by atoms with Crippen molar-refractivity contribution in [1.82, 2.24) is 9.88 Å². The molecule has 1 aliphatic rings. The molecule has 27 heavy (non-hydrogen) atoms. The van der Waals surface area contributed by atoms with E-state index in [1.165, 1.54) is 23.9 Å². The van der Waals surface area contributed by atoms with E-state index >= 15 is 0 Å². The maximum absolute atomic E-state index is 13.0. The SMILES string of the molecule is Cn1ccc(C(=O)[SH]2CCNC2S(=O)(=O)O)c(OCc2ccccc2)c1=O. The van der Waals surface area contributed by atoms with Crippen LogP contribution in [-0.2, 0) is 23.8 Å². The molecule has 1 aliphatic heterocycles. The molecule has 0 radical (unpaired) electrons. The van der Waals surface area contributed by atoms with Crippen LogP contribution in [0.4, 0.5) is 0 Å². The number of pyridine rings is 1. The molecule has 0 spiro atoms. The van der Waals surface area contributed by atoms with Crippen LogP contribution in [-0.4, -0.2) is 39.7 Å². The zero-order chi connectivity index (χ0) is 19.6. The summed E-state index contributed by atoms with van der Waals surface area (Å²) in [6, 6.07) is 10.6. The second kappa shape index (κ2) is 7.85.